The van der Waals surface area contributed by atoms with E-state index < -0.39 is 0 Å². The SMILES string of the molecule is CCc1ccccc1C(NC)c1ccc(Cl)c(OC)c1. The molecule has 106 valence electrons. The van der Waals surface area contributed by atoms with Crippen LogP contribution < -0.4 is 10.1 Å². The topological polar surface area (TPSA) is 21.3 Å². The van der Waals surface area contributed by atoms with Crippen LogP contribution in [0.25, 0.3) is 0 Å². The van der Waals surface area contributed by atoms with E-state index >= 15 is 0 Å². The van der Waals surface area contributed by atoms with Crippen LogP contribution in [0.1, 0.15) is 29.7 Å². The van der Waals surface area contributed by atoms with Gasteiger partial charge in [-0.15, -0.1) is 0 Å². The maximum absolute atomic E-state index is 6.10. The van der Waals surface area contributed by atoms with Gasteiger partial charge in [-0.2, -0.15) is 0 Å². The Labute approximate surface area is 125 Å². The first-order chi connectivity index (χ1) is 9.71. The lowest BCUT2D eigenvalue weighted by atomic mass is 9.93. The number of hydrogen-bond donors (Lipinski definition) is 1. The van der Waals surface area contributed by atoms with Crippen molar-refractivity contribution in [3.63, 3.8) is 0 Å². The van der Waals surface area contributed by atoms with E-state index in [2.05, 4.69) is 36.5 Å². The number of aryl methyl sites for hydroxylation is 1. The number of benzene rings is 2. The third kappa shape index (κ3) is 2.97. The predicted molar refractivity (Wildman–Crippen MR) is 84.7 cm³/mol. The highest BCUT2D eigenvalue weighted by atomic mass is 35.5. The van der Waals surface area contributed by atoms with E-state index in [0.717, 1.165) is 12.0 Å². The van der Waals surface area contributed by atoms with E-state index in [0.29, 0.717) is 10.8 Å². The Morgan fingerprint density at radius 1 is 1.20 bits per heavy atom. The maximum Gasteiger partial charge on any atom is 0.137 e. The van der Waals surface area contributed by atoms with Gasteiger partial charge in [0.2, 0.25) is 0 Å². The first kappa shape index (κ1) is 14.9. The molecular weight excluding hydrogens is 270 g/mol. The van der Waals surface area contributed by atoms with Crippen LogP contribution in [-0.2, 0) is 6.42 Å². The lowest BCUT2D eigenvalue weighted by Crippen LogP contribution is -2.19. The van der Waals surface area contributed by atoms with Crippen molar-refractivity contribution in [2.45, 2.75) is 19.4 Å². The Hall–Kier alpha value is -1.51. The van der Waals surface area contributed by atoms with Crippen molar-refractivity contribution >= 4 is 11.6 Å². The molecule has 0 spiro atoms. The van der Waals surface area contributed by atoms with Crippen LogP contribution in [0.2, 0.25) is 5.02 Å². The number of rotatable bonds is 5. The quantitative estimate of drug-likeness (QED) is 0.890. The Kier molecular flexibility index (Phi) is 5.05. The summed E-state index contributed by atoms with van der Waals surface area (Å²) in [4.78, 5) is 0. The van der Waals surface area contributed by atoms with E-state index in [1.54, 1.807) is 7.11 Å². The molecule has 1 atom stereocenters. The van der Waals surface area contributed by atoms with E-state index in [9.17, 15) is 0 Å². The Bertz CT molecular complexity index is 583. The van der Waals surface area contributed by atoms with Gasteiger partial charge in [0, 0.05) is 0 Å². The average Bonchev–Trinajstić information content (AvgIpc) is 2.50. The second-order valence-electron chi connectivity index (χ2n) is 4.67. The fraction of sp³-hybridized carbons (Fsp3) is 0.294. The molecule has 0 aromatic heterocycles. The molecule has 0 fully saturated rings. The van der Waals surface area contributed by atoms with E-state index in [1.807, 2.05) is 25.2 Å². The van der Waals surface area contributed by atoms with Gasteiger partial charge in [-0.05, 0) is 42.3 Å². The first-order valence-corrected chi connectivity index (χ1v) is 7.17. The molecule has 0 radical (unpaired) electrons. The molecule has 0 heterocycles. The number of ether oxygens (including phenoxy) is 1. The largest absolute Gasteiger partial charge is 0.495 e. The van der Waals surface area contributed by atoms with Gasteiger partial charge in [0.25, 0.3) is 0 Å². The lowest BCUT2D eigenvalue weighted by molar-refractivity contribution is 0.414. The van der Waals surface area contributed by atoms with Crippen molar-refractivity contribution < 1.29 is 4.74 Å². The van der Waals surface area contributed by atoms with Gasteiger partial charge in [-0.25, -0.2) is 0 Å². The molecule has 2 nitrogen and oxygen atoms in total. The molecule has 0 aliphatic heterocycles. The van der Waals surface area contributed by atoms with Gasteiger partial charge in [0.15, 0.2) is 0 Å². The smallest absolute Gasteiger partial charge is 0.137 e. The Morgan fingerprint density at radius 3 is 2.60 bits per heavy atom. The van der Waals surface area contributed by atoms with Crippen molar-refractivity contribution in [3.8, 4) is 5.75 Å². The van der Waals surface area contributed by atoms with Crippen molar-refractivity contribution in [1.29, 1.82) is 0 Å². The fourth-order valence-corrected chi connectivity index (χ4v) is 2.69. The molecular formula is C17H20ClNO. The number of nitrogens with one attached hydrogen (secondary N) is 1. The molecule has 0 amide bonds. The summed E-state index contributed by atoms with van der Waals surface area (Å²) in [5.74, 6) is 0.707. The van der Waals surface area contributed by atoms with Crippen LogP contribution >= 0.6 is 11.6 Å². The maximum atomic E-state index is 6.10. The Balaban J connectivity index is 2.47. The van der Waals surface area contributed by atoms with Gasteiger partial charge in [0.05, 0.1) is 18.2 Å². The highest BCUT2D eigenvalue weighted by molar-refractivity contribution is 6.32. The van der Waals surface area contributed by atoms with Gasteiger partial charge in [0.1, 0.15) is 5.75 Å². The predicted octanol–water partition coefficient (Wildman–Crippen LogP) is 4.22. The standard InChI is InChI=1S/C17H20ClNO/c1-4-12-7-5-6-8-14(12)17(19-2)13-9-10-15(18)16(11-13)20-3/h5-11,17,19H,4H2,1-3H3. The van der Waals surface area contributed by atoms with Crippen LogP contribution in [0.5, 0.6) is 5.75 Å². The summed E-state index contributed by atoms with van der Waals surface area (Å²) >= 11 is 6.10. The summed E-state index contributed by atoms with van der Waals surface area (Å²) in [6, 6.07) is 14.6. The second kappa shape index (κ2) is 6.78. The van der Waals surface area contributed by atoms with Crippen LogP contribution in [-0.4, -0.2) is 14.2 Å². The van der Waals surface area contributed by atoms with Gasteiger partial charge < -0.3 is 10.1 Å². The minimum atomic E-state index is 0.136. The molecule has 0 saturated carbocycles. The molecule has 1 unspecified atom stereocenters. The zero-order valence-electron chi connectivity index (χ0n) is 12.1. The van der Waals surface area contributed by atoms with Crippen molar-refractivity contribution in [1.82, 2.24) is 5.32 Å². The van der Waals surface area contributed by atoms with Crippen LogP contribution in [0.15, 0.2) is 42.5 Å². The number of methoxy groups -OCH3 is 1. The molecule has 2 aromatic rings. The zero-order valence-corrected chi connectivity index (χ0v) is 12.9. The van der Waals surface area contributed by atoms with Crippen molar-refractivity contribution in [3.05, 3.63) is 64.2 Å². The number of hydrogen-bond acceptors (Lipinski definition) is 2. The van der Waals surface area contributed by atoms with E-state index in [4.69, 9.17) is 16.3 Å². The zero-order chi connectivity index (χ0) is 14.5. The van der Waals surface area contributed by atoms with Crippen LogP contribution in [0.4, 0.5) is 0 Å². The van der Waals surface area contributed by atoms with Gasteiger partial charge >= 0.3 is 0 Å². The van der Waals surface area contributed by atoms with Crippen molar-refractivity contribution in [2.75, 3.05) is 14.2 Å². The summed E-state index contributed by atoms with van der Waals surface area (Å²) in [5.41, 5.74) is 3.79. The normalized spacial score (nSPS) is 12.2. The molecule has 0 saturated heterocycles. The highest BCUT2D eigenvalue weighted by Crippen LogP contribution is 2.31. The van der Waals surface area contributed by atoms with E-state index in [-0.39, 0.29) is 6.04 Å². The second-order valence-corrected chi connectivity index (χ2v) is 5.08. The third-order valence-corrected chi connectivity index (χ3v) is 3.86. The average molecular weight is 290 g/mol. The van der Waals surface area contributed by atoms with Crippen LogP contribution in [0, 0.1) is 0 Å². The Morgan fingerprint density at radius 2 is 1.95 bits per heavy atom. The summed E-state index contributed by atoms with van der Waals surface area (Å²) in [7, 11) is 3.61. The summed E-state index contributed by atoms with van der Waals surface area (Å²) in [6.45, 7) is 2.17. The molecule has 2 rings (SSSR count). The van der Waals surface area contributed by atoms with Crippen LogP contribution in [0.3, 0.4) is 0 Å². The monoisotopic (exact) mass is 289 g/mol. The molecule has 0 bridgehead atoms. The summed E-state index contributed by atoms with van der Waals surface area (Å²) in [6.07, 6.45) is 1.01. The van der Waals surface area contributed by atoms with Gasteiger partial charge in [-0.3, -0.25) is 0 Å². The summed E-state index contributed by atoms with van der Waals surface area (Å²) in [5, 5.41) is 4.02. The van der Waals surface area contributed by atoms with E-state index in [1.165, 1.54) is 11.1 Å². The molecule has 0 aliphatic rings. The first-order valence-electron chi connectivity index (χ1n) is 6.79. The minimum Gasteiger partial charge on any atom is -0.495 e. The number of halogens is 1. The molecule has 0 aliphatic carbocycles. The highest BCUT2D eigenvalue weighted by Gasteiger charge is 2.16. The molecule has 1 N–H and O–H groups in total. The molecule has 20 heavy (non-hydrogen) atoms. The molecule has 2 aromatic carbocycles. The third-order valence-electron chi connectivity index (χ3n) is 3.54. The molecule has 3 heteroatoms. The van der Waals surface area contributed by atoms with Gasteiger partial charge in [-0.1, -0.05) is 48.9 Å². The van der Waals surface area contributed by atoms with Crippen molar-refractivity contribution in [2.24, 2.45) is 0 Å². The minimum absolute atomic E-state index is 0.136. The lowest BCUT2D eigenvalue weighted by Gasteiger charge is -2.21. The summed E-state index contributed by atoms with van der Waals surface area (Å²) < 4.78 is 5.31. The fourth-order valence-electron chi connectivity index (χ4n) is 2.50.